The lowest BCUT2D eigenvalue weighted by Crippen LogP contribution is -3.00. The van der Waals surface area contributed by atoms with E-state index in [0.717, 1.165) is 29.4 Å². The van der Waals surface area contributed by atoms with Crippen molar-refractivity contribution in [2.24, 2.45) is 0 Å². The molecule has 1 aliphatic carbocycles. The Morgan fingerprint density at radius 1 is 0.852 bits per heavy atom. The van der Waals surface area contributed by atoms with Crippen molar-refractivity contribution >= 4 is 12.2 Å². The SMILES string of the molecule is C[N+](C)(CCOc1ccc(/C=C/c2ccccc2)cc1)C1CCCCC1.[I-]. The molecule has 0 aliphatic heterocycles. The molecule has 0 amide bonds. The van der Waals surface area contributed by atoms with E-state index in [1.807, 2.05) is 6.07 Å². The third-order valence-electron chi connectivity index (χ3n) is 5.65. The van der Waals surface area contributed by atoms with E-state index in [9.17, 15) is 0 Å². The van der Waals surface area contributed by atoms with Gasteiger partial charge in [-0.05, 0) is 48.9 Å². The summed E-state index contributed by atoms with van der Waals surface area (Å²) >= 11 is 0. The van der Waals surface area contributed by atoms with Crippen LogP contribution in [0.25, 0.3) is 12.2 Å². The maximum Gasteiger partial charge on any atom is 0.137 e. The maximum atomic E-state index is 6.01. The fourth-order valence-electron chi connectivity index (χ4n) is 3.79. The second kappa shape index (κ2) is 10.9. The third kappa shape index (κ3) is 6.96. The lowest BCUT2D eigenvalue weighted by atomic mass is 9.93. The van der Waals surface area contributed by atoms with Crippen LogP contribution in [0.5, 0.6) is 5.75 Å². The molecule has 0 aromatic heterocycles. The lowest BCUT2D eigenvalue weighted by molar-refractivity contribution is -0.916. The standard InChI is InChI=1S/C24H32NO.HI/c1-25(2,23-11-7-4-8-12-23)19-20-26-24-17-15-22(16-18-24)14-13-21-9-5-3-6-10-21;/h3,5-6,9-10,13-18,23H,4,7-8,11-12,19-20H2,1-2H3;1H/q+1;/p-1/b14-13+;. The Kier molecular flexibility index (Phi) is 8.84. The van der Waals surface area contributed by atoms with Gasteiger partial charge in [-0.2, -0.15) is 0 Å². The number of hydrogen-bond acceptors (Lipinski definition) is 1. The van der Waals surface area contributed by atoms with Crippen molar-refractivity contribution in [3.05, 3.63) is 65.7 Å². The van der Waals surface area contributed by atoms with Gasteiger partial charge in [-0.25, -0.2) is 0 Å². The second-order valence-electron chi connectivity index (χ2n) is 7.96. The summed E-state index contributed by atoms with van der Waals surface area (Å²) in [6.07, 6.45) is 11.2. The van der Waals surface area contributed by atoms with E-state index < -0.39 is 0 Å². The molecule has 0 atom stereocenters. The van der Waals surface area contributed by atoms with Gasteiger partial charge in [-0.15, -0.1) is 0 Å². The van der Waals surface area contributed by atoms with Crippen molar-refractivity contribution in [2.75, 3.05) is 27.2 Å². The second-order valence-corrected chi connectivity index (χ2v) is 7.96. The molecule has 0 saturated heterocycles. The summed E-state index contributed by atoms with van der Waals surface area (Å²) < 4.78 is 7.09. The summed E-state index contributed by atoms with van der Waals surface area (Å²) in [7, 11) is 4.72. The molecule has 2 nitrogen and oxygen atoms in total. The van der Waals surface area contributed by atoms with Crippen LogP contribution >= 0.6 is 0 Å². The van der Waals surface area contributed by atoms with E-state index in [1.165, 1.54) is 43.2 Å². The van der Waals surface area contributed by atoms with Crippen LogP contribution in [0, 0.1) is 0 Å². The van der Waals surface area contributed by atoms with Gasteiger partial charge in [0.05, 0.1) is 20.1 Å². The number of benzene rings is 2. The molecule has 0 spiro atoms. The molecule has 2 aromatic rings. The first-order valence-corrected chi connectivity index (χ1v) is 9.92. The predicted octanol–water partition coefficient (Wildman–Crippen LogP) is 2.65. The van der Waals surface area contributed by atoms with Crippen LogP contribution in [0.4, 0.5) is 0 Å². The third-order valence-corrected chi connectivity index (χ3v) is 5.65. The molecule has 27 heavy (non-hydrogen) atoms. The van der Waals surface area contributed by atoms with Crippen molar-refractivity contribution in [2.45, 2.75) is 38.1 Å². The highest BCUT2D eigenvalue weighted by Gasteiger charge is 2.29. The lowest BCUT2D eigenvalue weighted by Gasteiger charge is -2.40. The number of rotatable bonds is 7. The molecular weight excluding hydrogens is 445 g/mol. The highest BCUT2D eigenvalue weighted by Crippen LogP contribution is 2.25. The summed E-state index contributed by atoms with van der Waals surface area (Å²) in [6, 6.07) is 19.6. The average Bonchev–Trinajstić information content (AvgIpc) is 2.69. The highest BCUT2D eigenvalue weighted by molar-refractivity contribution is 5.69. The number of nitrogens with zero attached hydrogens (tertiary/aromatic N) is 1. The van der Waals surface area contributed by atoms with Crippen molar-refractivity contribution in [1.29, 1.82) is 0 Å². The average molecular weight is 477 g/mol. The first-order valence-electron chi connectivity index (χ1n) is 9.92. The summed E-state index contributed by atoms with van der Waals surface area (Å²) in [5, 5.41) is 0. The zero-order valence-electron chi connectivity index (χ0n) is 16.6. The minimum absolute atomic E-state index is 0. The Morgan fingerprint density at radius 2 is 1.44 bits per heavy atom. The predicted molar refractivity (Wildman–Crippen MR) is 111 cm³/mol. The number of hydrogen-bond donors (Lipinski definition) is 0. The van der Waals surface area contributed by atoms with Gasteiger partial charge in [0.1, 0.15) is 18.9 Å². The van der Waals surface area contributed by atoms with Crippen molar-refractivity contribution in [1.82, 2.24) is 0 Å². The van der Waals surface area contributed by atoms with Crippen LogP contribution in [0.2, 0.25) is 0 Å². The van der Waals surface area contributed by atoms with Crippen LogP contribution in [-0.2, 0) is 0 Å². The van der Waals surface area contributed by atoms with Crippen LogP contribution in [0.1, 0.15) is 43.2 Å². The molecule has 1 aliphatic rings. The Bertz CT molecular complexity index is 688. The van der Waals surface area contributed by atoms with Gasteiger partial charge in [-0.3, -0.25) is 0 Å². The Balaban J connectivity index is 0.00000261. The smallest absolute Gasteiger partial charge is 0.137 e. The summed E-state index contributed by atoms with van der Waals surface area (Å²) in [4.78, 5) is 0. The molecule has 0 N–H and O–H groups in total. The van der Waals surface area contributed by atoms with E-state index in [4.69, 9.17) is 4.74 Å². The minimum atomic E-state index is 0. The molecule has 0 bridgehead atoms. The number of ether oxygens (including phenoxy) is 1. The first kappa shape index (κ1) is 22.0. The van der Waals surface area contributed by atoms with Gasteiger partial charge in [-0.1, -0.05) is 61.0 Å². The van der Waals surface area contributed by atoms with E-state index in [-0.39, 0.29) is 24.0 Å². The summed E-state index contributed by atoms with van der Waals surface area (Å²) in [5.41, 5.74) is 2.41. The highest BCUT2D eigenvalue weighted by atomic mass is 127. The van der Waals surface area contributed by atoms with E-state index in [1.54, 1.807) is 0 Å². The van der Waals surface area contributed by atoms with Gasteiger partial charge in [0.25, 0.3) is 0 Å². The van der Waals surface area contributed by atoms with Crippen molar-refractivity contribution in [3.8, 4) is 5.75 Å². The van der Waals surface area contributed by atoms with Gasteiger partial charge >= 0.3 is 0 Å². The summed E-state index contributed by atoms with van der Waals surface area (Å²) in [6.45, 7) is 1.85. The van der Waals surface area contributed by atoms with Crippen molar-refractivity contribution in [3.63, 3.8) is 0 Å². The maximum absolute atomic E-state index is 6.01. The van der Waals surface area contributed by atoms with Gasteiger partial charge in [0.15, 0.2) is 0 Å². The molecule has 146 valence electrons. The van der Waals surface area contributed by atoms with Gasteiger partial charge in [0.2, 0.25) is 0 Å². The zero-order valence-corrected chi connectivity index (χ0v) is 18.8. The van der Waals surface area contributed by atoms with Crippen LogP contribution in [0.3, 0.4) is 0 Å². The Hall–Kier alpha value is -1.33. The Morgan fingerprint density at radius 3 is 2.07 bits per heavy atom. The molecule has 1 fully saturated rings. The van der Waals surface area contributed by atoms with E-state index in [0.29, 0.717) is 0 Å². The number of halogens is 1. The molecule has 0 radical (unpaired) electrons. The van der Waals surface area contributed by atoms with E-state index in [2.05, 4.69) is 74.8 Å². The molecule has 3 heteroatoms. The molecule has 2 aromatic carbocycles. The molecule has 3 rings (SSSR count). The van der Waals surface area contributed by atoms with E-state index >= 15 is 0 Å². The molecule has 0 heterocycles. The van der Waals surface area contributed by atoms with Gasteiger partial charge < -0.3 is 33.2 Å². The Labute approximate surface area is 181 Å². The minimum Gasteiger partial charge on any atom is -1.00 e. The largest absolute Gasteiger partial charge is 1.00 e. The topological polar surface area (TPSA) is 9.23 Å². The van der Waals surface area contributed by atoms with Crippen LogP contribution < -0.4 is 28.7 Å². The fraction of sp³-hybridized carbons (Fsp3) is 0.417. The number of quaternary nitrogens is 1. The molecule has 1 saturated carbocycles. The fourth-order valence-corrected chi connectivity index (χ4v) is 3.79. The van der Waals surface area contributed by atoms with Crippen LogP contribution in [0.15, 0.2) is 54.6 Å². The monoisotopic (exact) mass is 477 g/mol. The molecule has 0 unspecified atom stereocenters. The first-order chi connectivity index (χ1) is 12.6. The quantitative estimate of drug-likeness (QED) is 0.339. The summed E-state index contributed by atoms with van der Waals surface area (Å²) in [5.74, 6) is 0.963. The van der Waals surface area contributed by atoms with Crippen molar-refractivity contribution < 1.29 is 33.2 Å². The number of likely N-dealkylation sites (N-methyl/N-ethyl adjacent to an activating group) is 1. The zero-order chi connectivity index (χ0) is 18.2. The molecular formula is C24H32INO. The normalized spacial score (nSPS) is 15.5. The van der Waals surface area contributed by atoms with Gasteiger partial charge in [0, 0.05) is 0 Å². The van der Waals surface area contributed by atoms with Crippen LogP contribution in [-0.4, -0.2) is 37.8 Å².